The average molecular weight is 344 g/mol. The summed E-state index contributed by atoms with van der Waals surface area (Å²) in [5, 5.41) is 1.10. The zero-order chi connectivity index (χ0) is 14.8. The molecule has 1 heterocycles. The van der Waals surface area contributed by atoms with Crippen molar-refractivity contribution in [3.05, 3.63) is 64.8 Å². The van der Waals surface area contributed by atoms with Gasteiger partial charge in [0, 0.05) is 21.6 Å². The summed E-state index contributed by atoms with van der Waals surface area (Å²) in [5.74, 6) is 0.644. The molecular weight excluding hydrogens is 330 g/mol. The lowest BCUT2D eigenvalue weighted by molar-refractivity contribution is 0.0970. The zero-order valence-electron chi connectivity index (χ0n) is 11.5. The maximum atomic E-state index is 12.5. The Labute approximate surface area is 131 Å². The van der Waals surface area contributed by atoms with E-state index in [4.69, 9.17) is 4.74 Å². The number of halogens is 1. The first-order valence-electron chi connectivity index (χ1n) is 6.60. The molecule has 0 atom stereocenters. The van der Waals surface area contributed by atoms with Crippen LogP contribution >= 0.6 is 15.9 Å². The Bertz CT molecular complexity index is 807. The summed E-state index contributed by atoms with van der Waals surface area (Å²) in [6.45, 7) is 0.292. The number of carbonyl (C=O) groups is 1. The van der Waals surface area contributed by atoms with Gasteiger partial charge in [-0.3, -0.25) is 4.79 Å². The van der Waals surface area contributed by atoms with Crippen molar-refractivity contribution < 1.29 is 9.53 Å². The van der Waals surface area contributed by atoms with E-state index in [1.54, 1.807) is 19.2 Å². The van der Waals surface area contributed by atoms with Gasteiger partial charge in [-0.05, 0) is 30.3 Å². The van der Waals surface area contributed by atoms with Gasteiger partial charge in [-0.15, -0.1) is 0 Å². The van der Waals surface area contributed by atoms with Crippen molar-refractivity contribution in [2.24, 2.45) is 0 Å². The van der Waals surface area contributed by atoms with Crippen LogP contribution in [-0.2, 0) is 6.54 Å². The summed E-state index contributed by atoms with van der Waals surface area (Å²) in [6, 6.07) is 15.3. The third kappa shape index (κ3) is 2.59. The Morgan fingerprint density at radius 1 is 1.14 bits per heavy atom. The van der Waals surface area contributed by atoms with Crippen LogP contribution < -0.4 is 4.74 Å². The van der Waals surface area contributed by atoms with Crippen LogP contribution in [0.1, 0.15) is 10.4 Å². The number of methoxy groups -OCH3 is 1. The third-order valence-corrected chi connectivity index (χ3v) is 4.17. The van der Waals surface area contributed by atoms with E-state index in [1.165, 1.54) is 0 Å². The quantitative estimate of drug-likeness (QED) is 0.661. The van der Waals surface area contributed by atoms with E-state index in [2.05, 4.69) is 15.9 Å². The maximum Gasteiger partial charge on any atom is 0.186 e. The molecule has 0 radical (unpaired) electrons. The van der Waals surface area contributed by atoms with Gasteiger partial charge >= 0.3 is 0 Å². The van der Waals surface area contributed by atoms with Crippen molar-refractivity contribution in [2.45, 2.75) is 6.54 Å². The van der Waals surface area contributed by atoms with Gasteiger partial charge in [0.15, 0.2) is 5.78 Å². The molecule has 0 fully saturated rings. The lowest BCUT2D eigenvalue weighted by Gasteiger charge is -2.09. The number of benzene rings is 2. The lowest BCUT2D eigenvalue weighted by atomic mass is 10.1. The fourth-order valence-corrected chi connectivity index (χ4v) is 2.93. The SMILES string of the molecule is COc1ccccc1C(=O)Cn1ccc2c(Br)cccc21. The monoisotopic (exact) mass is 343 g/mol. The molecule has 0 bridgehead atoms. The Kier molecular flexibility index (Phi) is 3.80. The first kappa shape index (κ1) is 13.9. The van der Waals surface area contributed by atoms with Crippen molar-refractivity contribution >= 4 is 32.6 Å². The topological polar surface area (TPSA) is 31.2 Å². The van der Waals surface area contributed by atoms with Gasteiger partial charge in [0.25, 0.3) is 0 Å². The molecular formula is C17H14BrNO2. The summed E-state index contributed by atoms with van der Waals surface area (Å²) in [4.78, 5) is 12.5. The summed E-state index contributed by atoms with van der Waals surface area (Å²) in [6.07, 6.45) is 1.93. The molecule has 0 aliphatic rings. The molecule has 0 aliphatic heterocycles. The van der Waals surface area contributed by atoms with E-state index >= 15 is 0 Å². The average Bonchev–Trinajstić information content (AvgIpc) is 2.92. The summed E-state index contributed by atoms with van der Waals surface area (Å²) < 4.78 is 8.24. The van der Waals surface area contributed by atoms with Gasteiger partial charge in [-0.1, -0.05) is 34.1 Å². The van der Waals surface area contributed by atoms with Crippen LogP contribution in [0.3, 0.4) is 0 Å². The van der Waals surface area contributed by atoms with Gasteiger partial charge in [0.05, 0.1) is 19.2 Å². The number of ketones is 1. The molecule has 0 aliphatic carbocycles. The Morgan fingerprint density at radius 3 is 2.76 bits per heavy atom. The molecule has 2 aromatic carbocycles. The largest absolute Gasteiger partial charge is 0.496 e. The van der Waals surface area contributed by atoms with E-state index in [-0.39, 0.29) is 5.78 Å². The van der Waals surface area contributed by atoms with E-state index in [1.807, 2.05) is 47.2 Å². The van der Waals surface area contributed by atoms with Gasteiger partial charge in [0.2, 0.25) is 0 Å². The van der Waals surface area contributed by atoms with E-state index < -0.39 is 0 Å². The summed E-state index contributed by atoms with van der Waals surface area (Å²) in [5.41, 5.74) is 1.64. The van der Waals surface area contributed by atoms with Crippen molar-refractivity contribution in [3.63, 3.8) is 0 Å². The second-order valence-corrected chi connectivity index (χ2v) is 5.59. The Hall–Kier alpha value is -2.07. The predicted octanol–water partition coefficient (Wildman–Crippen LogP) is 4.30. The minimum atomic E-state index is 0.0323. The van der Waals surface area contributed by atoms with Crippen LogP contribution in [0.15, 0.2) is 59.2 Å². The molecule has 4 heteroatoms. The summed E-state index contributed by atoms with van der Waals surface area (Å²) >= 11 is 3.53. The maximum absolute atomic E-state index is 12.5. The minimum Gasteiger partial charge on any atom is -0.496 e. The molecule has 3 aromatic rings. The van der Waals surface area contributed by atoms with Crippen LogP contribution in [0.4, 0.5) is 0 Å². The van der Waals surface area contributed by atoms with Crippen LogP contribution in [-0.4, -0.2) is 17.5 Å². The highest BCUT2D eigenvalue weighted by atomic mass is 79.9. The molecule has 106 valence electrons. The van der Waals surface area contributed by atoms with E-state index in [0.29, 0.717) is 17.9 Å². The number of fused-ring (bicyclic) bond motifs is 1. The van der Waals surface area contributed by atoms with Crippen molar-refractivity contribution in [3.8, 4) is 5.75 Å². The number of nitrogens with zero attached hydrogens (tertiary/aromatic N) is 1. The number of rotatable bonds is 4. The fraction of sp³-hybridized carbons (Fsp3) is 0.118. The third-order valence-electron chi connectivity index (χ3n) is 3.48. The van der Waals surface area contributed by atoms with Gasteiger partial charge in [-0.25, -0.2) is 0 Å². The highest BCUT2D eigenvalue weighted by molar-refractivity contribution is 9.10. The highest BCUT2D eigenvalue weighted by Gasteiger charge is 2.13. The van der Waals surface area contributed by atoms with Crippen molar-refractivity contribution in [1.29, 1.82) is 0 Å². The number of Topliss-reactive ketones (excluding diaryl/α,β-unsaturated/α-hetero) is 1. The van der Waals surface area contributed by atoms with E-state index in [0.717, 1.165) is 15.4 Å². The fourth-order valence-electron chi connectivity index (χ4n) is 2.44. The molecule has 0 amide bonds. The molecule has 3 nitrogen and oxygen atoms in total. The summed E-state index contributed by atoms with van der Waals surface area (Å²) in [7, 11) is 1.58. The zero-order valence-corrected chi connectivity index (χ0v) is 13.1. The predicted molar refractivity (Wildman–Crippen MR) is 87.0 cm³/mol. The molecule has 0 N–H and O–H groups in total. The second kappa shape index (κ2) is 5.74. The number of aromatic nitrogens is 1. The highest BCUT2D eigenvalue weighted by Crippen LogP contribution is 2.25. The number of carbonyl (C=O) groups excluding carboxylic acids is 1. The van der Waals surface area contributed by atoms with Gasteiger partial charge < -0.3 is 9.30 Å². The normalized spacial score (nSPS) is 10.8. The van der Waals surface area contributed by atoms with Crippen molar-refractivity contribution in [2.75, 3.05) is 7.11 Å². The van der Waals surface area contributed by atoms with E-state index in [9.17, 15) is 4.79 Å². The Balaban J connectivity index is 1.95. The Morgan fingerprint density at radius 2 is 1.95 bits per heavy atom. The first-order chi connectivity index (χ1) is 10.2. The van der Waals surface area contributed by atoms with Gasteiger partial charge in [-0.2, -0.15) is 0 Å². The molecule has 0 unspecified atom stereocenters. The molecule has 0 spiro atoms. The number of ether oxygens (including phenoxy) is 1. The van der Waals surface area contributed by atoms with Crippen LogP contribution in [0.25, 0.3) is 10.9 Å². The van der Waals surface area contributed by atoms with Gasteiger partial charge in [0.1, 0.15) is 5.75 Å². The number of hydrogen-bond acceptors (Lipinski definition) is 2. The molecule has 0 saturated heterocycles. The standard InChI is InChI=1S/C17H14BrNO2/c1-21-17-8-3-2-5-13(17)16(20)11-19-10-9-12-14(18)6-4-7-15(12)19/h2-10H,11H2,1H3. The van der Waals surface area contributed by atoms with Crippen molar-refractivity contribution in [1.82, 2.24) is 4.57 Å². The second-order valence-electron chi connectivity index (χ2n) is 4.74. The molecule has 21 heavy (non-hydrogen) atoms. The number of para-hydroxylation sites is 1. The first-order valence-corrected chi connectivity index (χ1v) is 7.39. The molecule has 1 aromatic heterocycles. The molecule has 0 saturated carbocycles. The lowest BCUT2D eigenvalue weighted by Crippen LogP contribution is -2.10. The molecule has 3 rings (SSSR count). The smallest absolute Gasteiger partial charge is 0.186 e. The van der Waals surface area contributed by atoms with Crippen LogP contribution in [0.2, 0.25) is 0 Å². The van der Waals surface area contributed by atoms with Crippen LogP contribution in [0.5, 0.6) is 5.75 Å². The van der Waals surface area contributed by atoms with Crippen LogP contribution in [0, 0.1) is 0 Å². The number of hydrogen-bond donors (Lipinski definition) is 0. The minimum absolute atomic E-state index is 0.0323.